The summed E-state index contributed by atoms with van der Waals surface area (Å²) >= 11 is 0. The zero-order chi connectivity index (χ0) is 16.8. The molecule has 0 saturated carbocycles. The number of nitrogens with zero attached hydrogens (tertiary/aromatic N) is 1. The SMILES string of the molecule is CC(O)CC(CNC(=O)c1cccc(=O)n1C)c1ccccc1. The van der Waals surface area contributed by atoms with Crippen molar-refractivity contribution >= 4 is 5.91 Å². The summed E-state index contributed by atoms with van der Waals surface area (Å²) in [6.45, 7) is 2.13. The highest BCUT2D eigenvalue weighted by Crippen LogP contribution is 2.20. The van der Waals surface area contributed by atoms with Gasteiger partial charge in [-0.05, 0) is 25.0 Å². The van der Waals surface area contributed by atoms with Crippen molar-refractivity contribution in [3.05, 3.63) is 70.1 Å². The first-order valence-corrected chi connectivity index (χ1v) is 7.66. The molecule has 0 aliphatic heterocycles. The third-order valence-electron chi connectivity index (χ3n) is 3.82. The number of rotatable bonds is 6. The van der Waals surface area contributed by atoms with Gasteiger partial charge in [-0.15, -0.1) is 0 Å². The lowest BCUT2D eigenvalue weighted by molar-refractivity contribution is 0.0936. The molecule has 2 unspecified atom stereocenters. The summed E-state index contributed by atoms with van der Waals surface area (Å²) in [5.41, 5.74) is 1.17. The Labute approximate surface area is 135 Å². The van der Waals surface area contributed by atoms with Crippen LogP contribution in [-0.4, -0.2) is 28.2 Å². The van der Waals surface area contributed by atoms with E-state index in [0.29, 0.717) is 18.7 Å². The lowest BCUT2D eigenvalue weighted by atomic mass is 9.93. The lowest BCUT2D eigenvalue weighted by Crippen LogP contribution is -2.33. The Balaban J connectivity index is 2.10. The summed E-state index contributed by atoms with van der Waals surface area (Å²) in [6, 6.07) is 14.4. The third kappa shape index (κ3) is 4.53. The number of carbonyl (C=O) groups excluding carboxylic acids is 1. The van der Waals surface area contributed by atoms with E-state index < -0.39 is 6.10 Å². The number of aliphatic hydroxyl groups is 1. The van der Waals surface area contributed by atoms with Crippen LogP contribution in [0.5, 0.6) is 0 Å². The lowest BCUT2D eigenvalue weighted by Gasteiger charge is -2.20. The molecule has 1 aromatic heterocycles. The van der Waals surface area contributed by atoms with Crippen molar-refractivity contribution in [1.29, 1.82) is 0 Å². The van der Waals surface area contributed by atoms with E-state index in [-0.39, 0.29) is 17.4 Å². The molecule has 2 aromatic rings. The molecular weight excluding hydrogens is 292 g/mol. The van der Waals surface area contributed by atoms with Crippen LogP contribution >= 0.6 is 0 Å². The van der Waals surface area contributed by atoms with Gasteiger partial charge in [0.05, 0.1) is 6.10 Å². The van der Waals surface area contributed by atoms with Crippen LogP contribution < -0.4 is 10.9 Å². The summed E-state index contributed by atoms with van der Waals surface area (Å²) in [7, 11) is 1.57. The van der Waals surface area contributed by atoms with Gasteiger partial charge >= 0.3 is 0 Å². The van der Waals surface area contributed by atoms with Gasteiger partial charge in [-0.1, -0.05) is 36.4 Å². The summed E-state index contributed by atoms with van der Waals surface area (Å²) in [4.78, 5) is 23.9. The largest absolute Gasteiger partial charge is 0.393 e. The molecule has 0 spiro atoms. The predicted octanol–water partition coefficient (Wildman–Crippen LogP) is 1.67. The van der Waals surface area contributed by atoms with Crippen LogP contribution in [0.3, 0.4) is 0 Å². The Hall–Kier alpha value is -2.40. The minimum absolute atomic E-state index is 0.0147. The smallest absolute Gasteiger partial charge is 0.268 e. The first-order valence-electron chi connectivity index (χ1n) is 7.66. The van der Waals surface area contributed by atoms with Crippen molar-refractivity contribution in [2.24, 2.45) is 7.05 Å². The molecule has 0 bridgehead atoms. The molecule has 2 rings (SSSR count). The maximum atomic E-state index is 12.3. The Morgan fingerprint density at radius 3 is 2.52 bits per heavy atom. The van der Waals surface area contributed by atoms with Gasteiger partial charge in [-0.25, -0.2) is 0 Å². The second kappa shape index (κ2) is 7.74. The molecule has 0 fully saturated rings. The number of benzene rings is 1. The zero-order valence-electron chi connectivity index (χ0n) is 13.4. The maximum absolute atomic E-state index is 12.3. The summed E-state index contributed by atoms with van der Waals surface area (Å²) in [5, 5.41) is 12.5. The average molecular weight is 314 g/mol. The molecule has 0 aliphatic rings. The number of carbonyl (C=O) groups is 1. The minimum atomic E-state index is -0.460. The third-order valence-corrected chi connectivity index (χ3v) is 3.82. The second-order valence-electron chi connectivity index (χ2n) is 5.71. The van der Waals surface area contributed by atoms with E-state index in [2.05, 4.69) is 5.32 Å². The highest BCUT2D eigenvalue weighted by molar-refractivity contribution is 5.92. The molecule has 1 heterocycles. The van der Waals surface area contributed by atoms with E-state index in [0.717, 1.165) is 5.56 Å². The van der Waals surface area contributed by atoms with E-state index in [1.807, 2.05) is 30.3 Å². The molecule has 1 amide bonds. The second-order valence-corrected chi connectivity index (χ2v) is 5.71. The van der Waals surface area contributed by atoms with Crippen LogP contribution in [0, 0.1) is 0 Å². The van der Waals surface area contributed by atoms with Crippen LogP contribution in [0.25, 0.3) is 0 Å². The quantitative estimate of drug-likeness (QED) is 0.852. The normalized spacial score (nSPS) is 13.3. The topological polar surface area (TPSA) is 71.3 Å². The van der Waals surface area contributed by atoms with E-state index in [1.165, 1.54) is 10.6 Å². The molecule has 5 nitrogen and oxygen atoms in total. The van der Waals surface area contributed by atoms with Crippen molar-refractivity contribution in [3.8, 4) is 0 Å². The standard InChI is InChI=1S/C18H22N2O3/c1-13(21)11-15(14-7-4-3-5-8-14)12-19-18(23)16-9-6-10-17(22)20(16)2/h3-10,13,15,21H,11-12H2,1-2H3,(H,19,23). The number of pyridine rings is 1. The van der Waals surface area contributed by atoms with Gasteiger partial charge in [0.15, 0.2) is 0 Å². The van der Waals surface area contributed by atoms with E-state index >= 15 is 0 Å². The summed E-state index contributed by atoms with van der Waals surface area (Å²) < 4.78 is 1.32. The van der Waals surface area contributed by atoms with Gasteiger partial charge in [0.2, 0.25) is 0 Å². The van der Waals surface area contributed by atoms with Crippen LogP contribution in [0.4, 0.5) is 0 Å². The molecule has 0 saturated heterocycles. The Morgan fingerprint density at radius 2 is 1.87 bits per heavy atom. The first kappa shape index (κ1) is 17.0. The fourth-order valence-electron chi connectivity index (χ4n) is 2.57. The van der Waals surface area contributed by atoms with E-state index in [1.54, 1.807) is 26.1 Å². The Morgan fingerprint density at radius 1 is 1.17 bits per heavy atom. The van der Waals surface area contributed by atoms with Gasteiger partial charge in [0.1, 0.15) is 5.69 Å². The average Bonchev–Trinajstić information content (AvgIpc) is 2.54. The molecule has 1 aromatic carbocycles. The van der Waals surface area contributed by atoms with Gasteiger partial charge in [0.25, 0.3) is 11.5 Å². The maximum Gasteiger partial charge on any atom is 0.268 e. The van der Waals surface area contributed by atoms with E-state index in [4.69, 9.17) is 0 Å². The molecule has 23 heavy (non-hydrogen) atoms. The zero-order valence-corrected chi connectivity index (χ0v) is 13.4. The van der Waals surface area contributed by atoms with Crippen molar-refractivity contribution < 1.29 is 9.90 Å². The van der Waals surface area contributed by atoms with Gasteiger partial charge < -0.3 is 15.0 Å². The molecule has 2 N–H and O–H groups in total. The van der Waals surface area contributed by atoms with Crippen molar-refractivity contribution in [2.75, 3.05) is 6.54 Å². The van der Waals surface area contributed by atoms with Gasteiger partial charge in [0, 0.05) is 25.6 Å². The number of hydrogen-bond acceptors (Lipinski definition) is 3. The van der Waals surface area contributed by atoms with E-state index in [9.17, 15) is 14.7 Å². The van der Waals surface area contributed by atoms with Crippen molar-refractivity contribution in [1.82, 2.24) is 9.88 Å². The minimum Gasteiger partial charge on any atom is -0.393 e. The van der Waals surface area contributed by atoms with Gasteiger partial charge in [-0.2, -0.15) is 0 Å². The Bertz CT molecular complexity index is 708. The number of nitrogens with one attached hydrogen (secondary N) is 1. The molecular formula is C18H22N2O3. The fraction of sp³-hybridized carbons (Fsp3) is 0.333. The number of aromatic nitrogens is 1. The monoisotopic (exact) mass is 314 g/mol. The van der Waals surface area contributed by atoms with Crippen LogP contribution in [0.2, 0.25) is 0 Å². The highest BCUT2D eigenvalue weighted by atomic mass is 16.3. The Kier molecular flexibility index (Phi) is 5.71. The number of aliphatic hydroxyl groups excluding tert-OH is 1. The molecule has 122 valence electrons. The summed E-state index contributed by atoms with van der Waals surface area (Å²) in [6.07, 6.45) is 0.0936. The molecule has 0 aliphatic carbocycles. The number of amides is 1. The van der Waals surface area contributed by atoms with Crippen LogP contribution in [0.1, 0.15) is 35.3 Å². The fourth-order valence-corrected chi connectivity index (χ4v) is 2.57. The molecule has 5 heteroatoms. The molecule has 0 radical (unpaired) electrons. The first-order chi connectivity index (χ1) is 11.0. The highest BCUT2D eigenvalue weighted by Gasteiger charge is 2.17. The van der Waals surface area contributed by atoms with Gasteiger partial charge in [-0.3, -0.25) is 9.59 Å². The van der Waals surface area contributed by atoms with Crippen LogP contribution in [0.15, 0.2) is 53.3 Å². The molecule has 2 atom stereocenters. The van der Waals surface area contributed by atoms with Crippen molar-refractivity contribution in [2.45, 2.75) is 25.4 Å². The summed E-state index contributed by atoms with van der Waals surface area (Å²) in [5.74, 6) is -0.280. The van der Waals surface area contributed by atoms with Crippen molar-refractivity contribution in [3.63, 3.8) is 0 Å². The predicted molar refractivity (Wildman–Crippen MR) is 89.5 cm³/mol. The van der Waals surface area contributed by atoms with Crippen LogP contribution in [-0.2, 0) is 7.05 Å². The number of hydrogen-bond donors (Lipinski definition) is 2.